The van der Waals surface area contributed by atoms with E-state index in [0.717, 1.165) is 45.1 Å². The molecule has 110 valence electrons. The number of nitrogens with one attached hydrogen (secondary N) is 2. The summed E-state index contributed by atoms with van der Waals surface area (Å²) in [5, 5.41) is 7.79. The summed E-state index contributed by atoms with van der Waals surface area (Å²) in [6.45, 7) is 5.41. The number of morpholine rings is 1. The van der Waals surface area contributed by atoms with Gasteiger partial charge in [-0.1, -0.05) is 0 Å². The Labute approximate surface area is 124 Å². The molecule has 0 atom stereocenters. The molecular formula is C13H21N5OS. The van der Waals surface area contributed by atoms with Crippen LogP contribution in [0.25, 0.3) is 0 Å². The Morgan fingerprint density at radius 2 is 2.30 bits per heavy atom. The molecule has 0 bridgehead atoms. The van der Waals surface area contributed by atoms with Gasteiger partial charge in [-0.25, -0.2) is 0 Å². The van der Waals surface area contributed by atoms with E-state index >= 15 is 0 Å². The van der Waals surface area contributed by atoms with Crippen molar-refractivity contribution in [1.29, 1.82) is 0 Å². The topological polar surface area (TPSA) is 53.8 Å². The molecule has 2 heterocycles. The Hall–Kier alpha value is -1.44. The van der Waals surface area contributed by atoms with Crippen LogP contribution in [-0.2, 0) is 11.8 Å². The molecule has 1 saturated heterocycles. The Bertz CT molecular complexity index is 453. The Kier molecular flexibility index (Phi) is 5.97. The molecule has 0 amide bonds. The fraction of sp³-hybridized carbons (Fsp3) is 0.538. The summed E-state index contributed by atoms with van der Waals surface area (Å²) in [6.07, 6.45) is 3.72. The number of rotatable bonds is 5. The first-order chi connectivity index (χ1) is 9.75. The van der Waals surface area contributed by atoms with Gasteiger partial charge in [-0.3, -0.25) is 10.3 Å². The fourth-order valence-corrected chi connectivity index (χ4v) is 2.11. The molecule has 0 unspecified atom stereocenters. The monoisotopic (exact) mass is 295 g/mol. The Morgan fingerprint density at radius 1 is 1.50 bits per heavy atom. The zero-order chi connectivity index (χ0) is 14.2. The van der Waals surface area contributed by atoms with Crippen LogP contribution >= 0.6 is 12.2 Å². The minimum absolute atomic E-state index is 0.545. The molecule has 1 aliphatic rings. The zero-order valence-electron chi connectivity index (χ0n) is 11.7. The van der Waals surface area contributed by atoms with Gasteiger partial charge in [0, 0.05) is 39.4 Å². The fourth-order valence-electron chi connectivity index (χ4n) is 1.96. The van der Waals surface area contributed by atoms with Crippen molar-refractivity contribution in [3.05, 3.63) is 24.0 Å². The number of ether oxygens (including phenoxy) is 1. The molecule has 7 heteroatoms. The van der Waals surface area contributed by atoms with Crippen LogP contribution in [0.15, 0.2) is 23.4 Å². The van der Waals surface area contributed by atoms with E-state index in [2.05, 4.69) is 20.7 Å². The third-order valence-electron chi connectivity index (χ3n) is 3.16. The first-order valence-corrected chi connectivity index (χ1v) is 7.15. The van der Waals surface area contributed by atoms with Crippen LogP contribution in [0, 0.1) is 0 Å². The van der Waals surface area contributed by atoms with Gasteiger partial charge in [0.05, 0.1) is 25.1 Å². The van der Waals surface area contributed by atoms with E-state index in [9.17, 15) is 0 Å². The van der Waals surface area contributed by atoms with E-state index in [1.807, 2.05) is 29.9 Å². The summed E-state index contributed by atoms with van der Waals surface area (Å²) in [7, 11) is 1.97. The van der Waals surface area contributed by atoms with Gasteiger partial charge >= 0.3 is 0 Å². The number of hydrazone groups is 1. The highest BCUT2D eigenvalue weighted by molar-refractivity contribution is 7.80. The Balaban J connectivity index is 1.60. The minimum Gasteiger partial charge on any atom is -0.379 e. The average Bonchev–Trinajstić information content (AvgIpc) is 2.86. The van der Waals surface area contributed by atoms with Gasteiger partial charge < -0.3 is 14.6 Å². The van der Waals surface area contributed by atoms with Crippen LogP contribution in [0.5, 0.6) is 0 Å². The lowest BCUT2D eigenvalue weighted by atomic mass is 10.4. The van der Waals surface area contributed by atoms with Crippen LogP contribution in [0.1, 0.15) is 5.69 Å². The molecule has 6 nitrogen and oxygen atoms in total. The first-order valence-electron chi connectivity index (χ1n) is 6.74. The standard InChI is InChI=1S/C13H21N5OS/c1-17-5-2-3-12(17)11-15-16-13(20)14-4-6-18-7-9-19-10-8-18/h2-3,5,11H,4,6-10H2,1H3,(H2,14,16,20)/b15-11+. The van der Waals surface area contributed by atoms with Gasteiger partial charge in [0.2, 0.25) is 0 Å². The van der Waals surface area contributed by atoms with Crippen molar-refractivity contribution in [3.8, 4) is 0 Å². The largest absolute Gasteiger partial charge is 0.379 e. The summed E-state index contributed by atoms with van der Waals surface area (Å²) in [5.41, 5.74) is 3.84. The van der Waals surface area contributed by atoms with Crippen molar-refractivity contribution in [2.75, 3.05) is 39.4 Å². The lowest BCUT2D eigenvalue weighted by molar-refractivity contribution is 0.0389. The summed E-state index contributed by atoms with van der Waals surface area (Å²) in [4.78, 5) is 2.35. The number of nitrogens with zero attached hydrogens (tertiary/aromatic N) is 3. The molecule has 2 rings (SSSR count). The number of thiocarbonyl (C=S) groups is 1. The van der Waals surface area contributed by atoms with Crippen molar-refractivity contribution in [2.24, 2.45) is 12.1 Å². The van der Waals surface area contributed by atoms with Crippen molar-refractivity contribution in [2.45, 2.75) is 0 Å². The van der Waals surface area contributed by atoms with E-state index in [1.54, 1.807) is 6.21 Å². The van der Waals surface area contributed by atoms with Gasteiger partial charge in [0.25, 0.3) is 0 Å². The van der Waals surface area contributed by atoms with Crippen molar-refractivity contribution < 1.29 is 4.74 Å². The van der Waals surface area contributed by atoms with Gasteiger partial charge in [0.1, 0.15) is 0 Å². The van der Waals surface area contributed by atoms with Gasteiger partial charge in [-0.15, -0.1) is 0 Å². The van der Waals surface area contributed by atoms with Gasteiger partial charge in [-0.2, -0.15) is 5.10 Å². The molecule has 0 spiro atoms. The molecule has 20 heavy (non-hydrogen) atoms. The molecule has 0 aromatic carbocycles. The van der Waals surface area contributed by atoms with Crippen LogP contribution in [0.2, 0.25) is 0 Å². The van der Waals surface area contributed by atoms with Crippen molar-refractivity contribution in [3.63, 3.8) is 0 Å². The van der Waals surface area contributed by atoms with Gasteiger partial charge in [0.15, 0.2) is 5.11 Å². The second-order valence-corrected chi connectivity index (χ2v) is 5.03. The molecule has 1 fully saturated rings. The molecule has 0 saturated carbocycles. The third kappa shape index (κ3) is 4.92. The van der Waals surface area contributed by atoms with Crippen LogP contribution in [0.4, 0.5) is 0 Å². The van der Waals surface area contributed by atoms with E-state index in [0.29, 0.717) is 5.11 Å². The molecular weight excluding hydrogens is 274 g/mol. The van der Waals surface area contributed by atoms with E-state index in [4.69, 9.17) is 17.0 Å². The second kappa shape index (κ2) is 7.98. The second-order valence-electron chi connectivity index (χ2n) is 4.62. The van der Waals surface area contributed by atoms with Crippen molar-refractivity contribution in [1.82, 2.24) is 20.2 Å². The zero-order valence-corrected chi connectivity index (χ0v) is 12.5. The lowest BCUT2D eigenvalue weighted by Crippen LogP contribution is -2.42. The van der Waals surface area contributed by atoms with Crippen molar-refractivity contribution >= 4 is 23.5 Å². The summed E-state index contributed by atoms with van der Waals surface area (Å²) in [5.74, 6) is 0. The smallest absolute Gasteiger partial charge is 0.187 e. The molecule has 2 N–H and O–H groups in total. The number of aryl methyl sites for hydroxylation is 1. The number of hydrogen-bond acceptors (Lipinski definition) is 4. The normalized spacial score (nSPS) is 16.4. The quantitative estimate of drug-likeness (QED) is 0.460. The summed E-state index contributed by atoms with van der Waals surface area (Å²) in [6, 6.07) is 3.96. The molecule has 1 aliphatic heterocycles. The highest BCUT2D eigenvalue weighted by Crippen LogP contribution is 1.95. The number of hydrogen-bond donors (Lipinski definition) is 2. The van der Waals surface area contributed by atoms with Crippen LogP contribution in [0.3, 0.4) is 0 Å². The lowest BCUT2D eigenvalue weighted by Gasteiger charge is -2.26. The highest BCUT2D eigenvalue weighted by Gasteiger charge is 2.09. The third-order valence-corrected chi connectivity index (χ3v) is 3.40. The van der Waals surface area contributed by atoms with E-state index in [1.165, 1.54) is 0 Å². The molecule has 1 aromatic rings. The Morgan fingerprint density at radius 3 is 3.00 bits per heavy atom. The minimum atomic E-state index is 0.545. The van der Waals surface area contributed by atoms with Gasteiger partial charge in [-0.05, 0) is 24.4 Å². The SMILES string of the molecule is Cn1cccc1/C=N/NC(=S)NCCN1CCOCC1. The van der Waals surface area contributed by atoms with E-state index < -0.39 is 0 Å². The molecule has 0 aliphatic carbocycles. The molecule has 0 radical (unpaired) electrons. The van der Waals surface area contributed by atoms with Crippen LogP contribution in [-0.4, -0.2) is 60.2 Å². The first kappa shape index (κ1) is 15.0. The number of aromatic nitrogens is 1. The maximum Gasteiger partial charge on any atom is 0.187 e. The maximum absolute atomic E-state index is 5.30. The maximum atomic E-state index is 5.30. The summed E-state index contributed by atoms with van der Waals surface area (Å²) < 4.78 is 7.29. The molecule has 1 aromatic heterocycles. The van der Waals surface area contributed by atoms with Crippen LogP contribution < -0.4 is 10.7 Å². The highest BCUT2D eigenvalue weighted by atomic mass is 32.1. The summed E-state index contributed by atoms with van der Waals surface area (Å²) >= 11 is 5.16. The average molecular weight is 295 g/mol. The van der Waals surface area contributed by atoms with E-state index in [-0.39, 0.29) is 0 Å². The predicted octanol–water partition coefficient (Wildman–Crippen LogP) is 0.155. The predicted molar refractivity (Wildman–Crippen MR) is 84.0 cm³/mol.